The number of fused-ring (bicyclic) bond motifs is 1. The van der Waals surface area contributed by atoms with Crippen molar-refractivity contribution >= 4 is 42.9 Å². The largest absolute Gasteiger partial charge is 0.507 e. The minimum absolute atomic E-state index is 0.403. The minimum Gasteiger partial charge on any atom is -0.507 e. The van der Waals surface area contributed by atoms with E-state index in [1.54, 1.807) is 0 Å². The lowest BCUT2D eigenvalue weighted by Crippen LogP contribution is -2.14. The Hall–Kier alpha value is -2.74. The van der Waals surface area contributed by atoms with Gasteiger partial charge in [-0.3, -0.25) is 9.11 Å². The van der Waals surface area contributed by atoms with Gasteiger partial charge in [-0.25, -0.2) is 9.59 Å². The number of phenols is 1. The zero-order valence-electron chi connectivity index (χ0n) is 11.7. The number of aromatic hydroxyl groups is 1. The van der Waals surface area contributed by atoms with E-state index in [-0.39, 0.29) is 0 Å². The molecule has 0 aromatic heterocycles. The SMILES string of the molecule is O=C(O)c1c(O)cc2ccc(S(=O)(=O)O)c(S(=O)(=O)O)c2c1C(=O)O. The number of benzene rings is 2. The first-order valence-corrected chi connectivity index (χ1v) is 8.89. The van der Waals surface area contributed by atoms with Crippen LogP contribution in [0.15, 0.2) is 28.0 Å². The Morgan fingerprint density at radius 2 is 1.36 bits per heavy atom. The summed E-state index contributed by atoms with van der Waals surface area (Å²) in [6.45, 7) is 0. The van der Waals surface area contributed by atoms with E-state index in [4.69, 9.17) is 9.66 Å². The van der Waals surface area contributed by atoms with E-state index < -0.39 is 69.6 Å². The van der Waals surface area contributed by atoms with Gasteiger partial charge in [0.15, 0.2) is 0 Å². The van der Waals surface area contributed by atoms with Crippen molar-refractivity contribution in [3.8, 4) is 5.75 Å². The molecular weight excluding hydrogens is 384 g/mol. The fourth-order valence-corrected chi connectivity index (χ4v) is 4.33. The molecule has 0 aliphatic heterocycles. The Bertz CT molecular complexity index is 1140. The molecule has 0 unspecified atom stereocenters. The van der Waals surface area contributed by atoms with Gasteiger partial charge in [0, 0.05) is 5.39 Å². The summed E-state index contributed by atoms with van der Waals surface area (Å²) in [7, 11) is -10.7. The number of rotatable bonds is 4. The molecular formula is C12H8O11S2. The Kier molecular flexibility index (Phi) is 4.21. The molecule has 5 N–H and O–H groups in total. The summed E-state index contributed by atoms with van der Waals surface area (Å²) in [6.07, 6.45) is 0. The van der Waals surface area contributed by atoms with E-state index in [0.29, 0.717) is 12.1 Å². The predicted octanol–water partition coefficient (Wildman–Crippen LogP) is 0.435. The van der Waals surface area contributed by atoms with Gasteiger partial charge in [-0.1, -0.05) is 6.07 Å². The number of hydrogen-bond donors (Lipinski definition) is 5. The maximum absolute atomic E-state index is 11.6. The second kappa shape index (κ2) is 5.66. The molecule has 0 atom stereocenters. The molecule has 0 aliphatic carbocycles. The summed E-state index contributed by atoms with van der Waals surface area (Å²) in [4.78, 5) is 19.8. The van der Waals surface area contributed by atoms with Gasteiger partial charge in [-0.2, -0.15) is 16.8 Å². The third kappa shape index (κ3) is 3.12. The van der Waals surface area contributed by atoms with Crippen molar-refractivity contribution in [2.24, 2.45) is 0 Å². The highest BCUT2D eigenvalue weighted by Crippen LogP contribution is 2.37. The third-order valence-electron chi connectivity index (χ3n) is 3.17. The Labute approximate surface area is 139 Å². The van der Waals surface area contributed by atoms with E-state index in [2.05, 4.69) is 0 Å². The number of carboxylic acid groups (broad SMARTS) is 2. The van der Waals surface area contributed by atoms with Crippen LogP contribution in [0.2, 0.25) is 0 Å². The molecule has 11 nitrogen and oxygen atoms in total. The monoisotopic (exact) mass is 392 g/mol. The maximum atomic E-state index is 11.6. The molecule has 2 aromatic rings. The lowest BCUT2D eigenvalue weighted by molar-refractivity contribution is 0.0650. The summed E-state index contributed by atoms with van der Waals surface area (Å²) >= 11 is 0. The molecule has 2 rings (SSSR count). The quantitative estimate of drug-likeness (QED) is 0.451. The smallest absolute Gasteiger partial charge is 0.340 e. The van der Waals surface area contributed by atoms with Gasteiger partial charge in [0.2, 0.25) is 0 Å². The van der Waals surface area contributed by atoms with Crippen LogP contribution in [0.5, 0.6) is 5.75 Å². The zero-order valence-corrected chi connectivity index (χ0v) is 13.4. The molecule has 0 heterocycles. The first-order chi connectivity index (χ1) is 11.3. The summed E-state index contributed by atoms with van der Waals surface area (Å²) in [6, 6.07) is 2.05. The molecule has 0 saturated heterocycles. The second-order valence-corrected chi connectivity index (χ2v) is 7.45. The van der Waals surface area contributed by atoms with Gasteiger partial charge < -0.3 is 15.3 Å². The lowest BCUT2D eigenvalue weighted by Gasteiger charge is -2.14. The third-order valence-corrected chi connectivity index (χ3v) is 5.13. The summed E-state index contributed by atoms with van der Waals surface area (Å²) in [5.74, 6) is -5.00. The van der Waals surface area contributed by atoms with Gasteiger partial charge in [0.25, 0.3) is 20.2 Å². The molecule has 0 bridgehead atoms. The van der Waals surface area contributed by atoms with Crippen LogP contribution >= 0.6 is 0 Å². The van der Waals surface area contributed by atoms with Crippen LogP contribution in [0.4, 0.5) is 0 Å². The number of aromatic carboxylic acids is 2. The molecule has 2 aromatic carbocycles. The summed E-state index contributed by atoms with van der Waals surface area (Å²) < 4.78 is 64.5. The molecule has 13 heteroatoms. The first-order valence-electron chi connectivity index (χ1n) is 6.01. The van der Waals surface area contributed by atoms with E-state index >= 15 is 0 Å². The molecule has 0 spiro atoms. The predicted molar refractivity (Wildman–Crippen MR) is 79.2 cm³/mol. The van der Waals surface area contributed by atoms with Crippen LogP contribution in [0, 0.1) is 0 Å². The highest BCUT2D eigenvalue weighted by Gasteiger charge is 2.33. The van der Waals surface area contributed by atoms with Crippen molar-refractivity contribution in [3.05, 3.63) is 29.3 Å². The van der Waals surface area contributed by atoms with E-state index in [1.807, 2.05) is 0 Å². The van der Waals surface area contributed by atoms with Crippen molar-refractivity contribution in [2.75, 3.05) is 0 Å². The van der Waals surface area contributed by atoms with E-state index in [1.165, 1.54) is 0 Å². The standard InChI is InChI=1S/C12H8O11S2/c13-5-3-4-1-2-6(24(18,19)20)10(25(21,22)23)7(4)9(12(16)17)8(5)11(14)15/h1-3,13H,(H,14,15)(H,16,17)(H,18,19,20)(H,21,22,23). The molecule has 0 saturated carbocycles. The van der Waals surface area contributed by atoms with Crippen LogP contribution < -0.4 is 0 Å². The topological polar surface area (TPSA) is 204 Å². The molecule has 0 radical (unpaired) electrons. The van der Waals surface area contributed by atoms with Crippen LogP contribution in [0.1, 0.15) is 20.7 Å². The first kappa shape index (κ1) is 18.6. The van der Waals surface area contributed by atoms with Gasteiger partial charge in [0.05, 0.1) is 5.56 Å². The minimum atomic E-state index is -5.43. The maximum Gasteiger partial charge on any atom is 0.340 e. The molecule has 0 fully saturated rings. The zero-order chi connectivity index (χ0) is 19.3. The number of carbonyl (C=O) groups is 2. The second-order valence-electron chi connectivity index (χ2n) is 4.70. The molecule has 0 aliphatic rings. The van der Waals surface area contributed by atoms with Gasteiger partial charge >= 0.3 is 11.9 Å². The Morgan fingerprint density at radius 3 is 1.76 bits per heavy atom. The van der Waals surface area contributed by atoms with Crippen molar-refractivity contribution in [1.29, 1.82) is 0 Å². The Morgan fingerprint density at radius 1 is 0.840 bits per heavy atom. The van der Waals surface area contributed by atoms with Gasteiger partial charge in [-0.05, 0) is 17.5 Å². The van der Waals surface area contributed by atoms with Crippen LogP contribution in [0.3, 0.4) is 0 Å². The molecule has 0 amide bonds. The Balaban J connectivity index is 3.36. The normalized spacial score (nSPS) is 12.2. The van der Waals surface area contributed by atoms with Crippen LogP contribution in [-0.4, -0.2) is 53.2 Å². The summed E-state index contributed by atoms with van der Waals surface area (Å²) in [5, 5.41) is 26.6. The van der Waals surface area contributed by atoms with Crippen molar-refractivity contribution in [2.45, 2.75) is 9.79 Å². The average Bonchev–Trinajstić information content (AvgIpc) is 2.41. The van der Waals surface area contributed by atoms with Crippen molar-refractivity contribution in [1.82, 2.24) is 0 Å². The highest BCUT2D eigenvalue weighted by molar-refractivity contribution is 7.89. The average molecular weight is 392 g/mol. The van der Waals surface area contributed by atoms with E-state index in [0.717, 1.165) is 6.07 Å². The van der Waals surface area contributed by atoms with Crippen molar-refractivity contribution in [3.63, 3.8) is 0 Å². The fourth-order valence-electron chi connectivity index (χ4n) is 2.32. The molecule has 25 heavy (non-hydrogen) atoms. The highest BCUT2D eigenvalue weighted by atomic mass is 32.2. The fraction of sp³-hybridized carbons (Fsp3) is 0. The molecule has 134 valence electrons. The van der Waals surface area contributed by atoms with Crippen LogP contribution in [0.25, 0.3) is 10.8 Å². The van der Waals surface area contributed by atoms with Gasteiger partial charge in [-0.15, -0.1) is 0 Å². The van der Waals surface area contributed by atoms with Crippen LogP contribution in [-0.2, 0) is 20.2 Å². The lowest BCUT2D eigenvalue weighted by atomic mass is 9.97. The van der Waals surface area contributed by atoms with Gasteiger partial charge in [0.1, 0.15) is 21.1 Å². The number of carboxylic acids is 2. The number of hydrogen-bond acceptors (Lipinski definition) is 7. The van der Waals surface area contributed by atoms with E-state index in [9.17, 15) is 41.2 Å². The summed E-state index contributed by atoms with van der Waals surface area (Å²) in [5.41, 5.74) is -2.50. The van der Waals surface area contributed by atoms with Crippen molar-refractivity contribution < 1.29 is 50.8 Å².